The number of fused-ring (bicyclic) bond motifs is 5. The average Bonchev–Trinajstić information content (AvgIpc) is 2.99. The fraction of sp³-hybridized carbons (Fsp3) is 0.889. The average molecular weight is 385 g/mol. The third-order valence-corrected chi connectivity index (χ3v) is 10.2. The Labute approximate surface area is 174 Å². The molecule has 0 bridgehead atoms. The molecule has 28 heavy (non-hydrogen) atoms. The van der Waals surface area contributed by atoms with Gasteiger partial charge in [-0.1, -0.05) is 59.5 Å². The van der Waals surface area contributed by atoms with Gasteiger partial charge in [-0.15, -0.1) is 0 Å². The Hall–Kier alpha value is -0.590. The minimum Gasteiger partial charge on any atom is -0.295 e. The summed E-state index contributed by atoms with van der Waals surface area (Å²) >= 11 is 0. The predicted octanol–water partition coefficient (Wildman–Crippen LogP) is 7.60. The van der Waals surface area contributed by atoms with Crippen LogP contribution >= 0.6 is 0 Å². The second-order valence-electron chi connectivity index (χ2n) is 12.0. The molecule has 0 amide bonds. The first-order valence-corrected chi connectivity index (χ1v) is 12.5. The van der Waals surface area contributed by atoms with Crippen LogP contribution in [0.2, 0.25) is 0 Å². The minimum absolute atomic E-state index is 0.332. The van der Waals surface area contributed by atoms with E-state index in [1.54, 1.807) is 0 Å². The molecule has 7 atom stereocenters. The van der Waals surface area contributed by atoms with E-state index >= 15 is 0 Å². The lowest BCUT2D eigenvalue weighted by Gasteiger charge is -2.58. The number of carbonyl (C=O) groups excluding carboxylic acids is 1. The van der Waals surface area contributed by atoms with Crippen molar-refractivity contribution in [2.75, 3.05) is 0 Å². The summed E-state index contributed by atoms with van der Waals surface area (Å²) in [7, 11) is 0. The van der Waals surface area contributed by atoms with Crippen molar-refractivity contribution in [3.8, 4) is 0 Å². The van der Waals surface area contributed by atoms with Crippen LogP contribution in [0.25, 0.3) is 0 Å². The lowest BCUT2D eigenvalue weighted by molar-refractivity contribution is -0.117. The summed E-state index contributed by atoms with van der Waals surface area (Å²) in [5.41, 5.74) is 2.43. The van der Waals surface area contributed by atoms with Crippen molar-refractivity contribution >= 4 is 5.78 Å². The molecule has 3 saturated carbocycles. The number of carbonyl (C=O) groups is 1. The van der Waals surface area contributed by atoms with Gasteiger partial charge in [0, 0.05) is 6.42 Å². The number of allylic oxidation sites excluding steroid dienone is 1. The Kier molecular flexibility index (Phi) is 5.60. The molecule has 0 aliphatic heterocycles. The zero-order chi connectivity index (χ0) is 20.1. The lowest BCUT2D eigenvalue weighted by Crippen LogP contribution is -2.50. The molecule has 3 fully saturated rings. The SMILES string of the molecule is CC(C)CCCC(C)[C@@H]1CC[C@@H]2[C@H]3CCC4=CC(=O)CC[C@@]4(C)[C@@H]3CC[C@]21C. The van der Waals surface area contributed by atoms with Crippen LogP contribution in [0.15, 0.2) is 11.6 Å². The van der Waals surface area contributed by atoms with E-state index in [1.165, 1.54) is 63.4 Å². The third-order valence-electron chi connectivity index (χ3n) is 10.2. The molecule has 0 saturated heterocycles. The Bertz CT molecular complexity index is 630. The highest BCUT2D eigenvalue weighted by atomic mass is 16.1. The van der Waals surface area contributed by atoms with Gasteiger partial charge in [0.1, 0.15) is 0 Å². The fourth-order valence-electron chi connectivity index (χ4n) is 8.58. The molecule has 4 rings (SSSR count). The van der Waals surface area contributed by atoms with Crippen molar-refractivity contribution in [2.45, 2.75) is 105 Å². The predicted molar refractivity (Wildman–Crippen MR) is 118 cm³/mol. The highest BCUT2D eigenvalue weighted by molar-refractivity contribution is 5.91. The van der Waals surface area contributed by atoms with Gasteiger partial charge in [0.15, 0.2) is 5.78 Å². The van der Waals surface area contributed by atoms with Gasteiger partial charge in [-0.05, 0) is 97.4 Å². The third kappa shape index (κ3) is 3.33. The summed E-state index contributed by atoms with van der Waals surface area (Å²) in [4.78, 5) is 12.0. The first-order valence-electron chi connectivity index (χ1n) is 12.5. The van der Waals surface area contributed by atoms with E-state index in [4.69, 9.17) is 0 Å². The van der Waals surface area contributed by atoms with Gasteiger partial charge in [0.25, 0.3) is 0 Å². The normalized spacial score (nSPS) is 43.9. The highest BCUT2D eigenvalue weighted by Gasteiger charge is 2.59. The summed E-state index contributed by atoms with van der Waals surface area (Å²) in [6.07, 6.45) is 16.6. The fourth-order valence-corrected chi connectivity index (χ4v) is 8.58. The van der Waals surface area contributed by atoms with Crippen LogP contribution in [0, 0.1) is 46.3 Å². The van der Waals surface area contributed by atoms with E-state index < -0.39 is 0 Å². The van der Waals surface area contributed by atoms with Crippen LogP contribution in [0.5, 0.6) is 0 Å². The highest BCUT2D eigenvalue weighted by Crippen LogP contribution is 2.67. The maximum absolute atomic E-state index is 12.0. The zero-order valence-corrected chi connectivity index (χ0v) is 19.2. The molecule has 1 unspecified atom stereocenters. The summed E-state index contributed by atoms with van der Waals surface area (Å²) < 4.78 is 0. The Morgan fingerprint density at radius 1 is 0.964 bits per heavy atom. The van der Waals surface area contributed by atoms with E-state index in [0.717, 1.165) is 48.3 Å². The summed E-state index contributed by atoms with van der Waals surface area (Å²) in [6.45, 7) is 12.5. The second-order valence-corrected chi connectivity index (χ2v) is 12.0. The van der Waals surface area contributed by atoms with E-state index in [-0.39, 0.29) is 0 Å². The van der Waals surface area contributed by atoms with Crippen LogP contribution in [0.3, 0.4) is 0 Å². The van der Waals surface area contributed by atoms with Crippen molar-refractivity contribution in [1.29, 1.82) is 0 Å². The molecule has 0 aromatic carbocycles. The molecule has 1 nitrogen and oxygen atoms in total. The van der Waals surface area contributed by atoms with Crippen LogP contribution in [-0.2, 0) is 4.79 Å². The standard InChI is InChI=1S/C27H44O/c1-18(2)7-6-8-19(3)23-11-12-24-22-10-9-20-17-21(28)13-15-26(20,4)25(22)14-16-27(23,24)5/h17-19,22-25H,6-16H2,1-5H3/t19?,22-,23+,24-,25-,26-,27+/m1/s1. The van der Waals surface area contributed by atoms with Gasteiger partial charge in [-0.3, -0.25) is 4.79 Å². The maximum Gasteiger partial charge on any atom is 0.155 e. The second kappa shape index (κ2) is 7.59. The molecule has 0 N–H and O–H groups in total. The van der Waals surface area contributed by atoms with Crippen molar-refractivity contribution in [3.63, 3.8) is 0 Å². The lowest BCUT2D eigenvalue weighted by atomic mass is 9.46. The van der Waals surface area contributed by atoms with Crippen molar-refractivity contribution in [2.24, 2.45) is 46.3 Å². The number of ketones is 1. The number of hydrogen-bond donors (Lipinski definition) is 0. The van der Waals surface area contributed by atoms with Crippen LogP contribution in [-0.4, -0.2) is 5.78 Å². The van der Waals surface area contributed by atoms with Crippen LogP contribution in [0.1, 0.15) is 105 Å². The van der Waals surface area contributed by atoms with E-state index in [9.17, 15) is 4.79 Å². The van der Waals surface area contributed by atoms with Gasteiger partial charge in [-0.2, -0.15) is 0 Å². The molecule has 0 heterocycles. The first kappa shape index (κ1) is 20.7. The van der Waals surface area contributed by atoms with Crippen molar-refractivity contribution < 1.29 is 4.79 Å². The summed E-state index contributed by atoms with van der Waals surface area (Å²) in [5.74, 6) is 5.79. The molecule has 0 aromatic heterocycles. The van der Waals surface area contributed by atoms with Gasteiger partial charge >= 0.3 is 0 Å². The van der Waals surface area contributed by atoms with E-state index in [0.29, 0.717) is 16.6 Å². The monoisotopic (exact) mass is 384 g/mol. The van der Waals surface area contributed by atoms with Gasteiger partial charge in [0.2, 0.25) is 0 Å². The Morgan fingerprint density at radius 3 is 2.50 bits per heavy atom. The first-order chi connectivity index (χ1) is 13.3. The van der Waals surface area contributed by atoms with Crippen molar-refractivity contribution in [1.82, 2.24) is 0 Å². The molecule has 0 aromatic rings. The summed E-state index contributed by atoms with van der Waals surface area (Å²) in [6, 6.07) is 0. The van der Waals surface area contributed by atoms with E-state index in [1.807, 2.05) is 0 Å². The largest absolute Gasteiger partial charge is 0.295 e. The van der Waals surface area contributed by atoms with Gasteiger partial charge in [-0.25, -0.2) is 0 Å². The molecule has 158 valence electrons. The molecule has 4 aliphatic carbocycles. The topological polar surface area (TPSA) is 17.1 Å². The smallest absolute Gasteiger partial charge is 0.155 e. The molecule has 4 aliphatic rings. The van der Waals surface area contributed by atoms with Crippen LogP contribution < -0.4 is 0 Å². The number of rotatable bonds is 5. The quantitative estimate of drug-likeness (QED) is 0.477. The number of hydrogen-bond acceptors (Lipinski definition) is 1. The maximum atomic E-state index is 12.0. The summed E-state index contributed by atoms with van der Waals surface area (Å²) in [5, 5.41) is 0. The van der Waals surface area contributed by atoms with Gasteiger partial charge in [0.05, 0.1) is 0 Å². The zero-order valence-electron chi connectivity index (χ0n) is 19.2. The minimum atomic E-state index is 0.332. The Balaban J connectivity index is 1.49. The molecule has 0 radical (unpaired) electrons. The van der Waals surface area contributed by atoms with Crippen LogP contribution in [0.4, 0.5) is 0 Å². The molecule has 0 spiro atoms. The van der Waals surface area contributed by atoms with Crippen molar-refractivity contribution in [3.05, 3.63) is 11.6 Å². The molecular formula is C27H44O. The molecule has 1 heteroatoms. The Morgan fingerprint density at radius 2 is 1.75 bits per heavy atom. The van der Waals surface area contributed by atoms with Gasteiger partial charge < -0.3 is 0 Å². The van der Waals surface area contributed by atoms with E-state index in [2.05, 4.69) is 40.7 Å². The molecular weight excluding hydrogens is 340 g/mol.